The zero-order chi connectivity index (χ0) is 12.4. The average molecular weight is 229 g/mol. The summed E-state index contributed by atoms with van der Waals surface area (Å²) in [4.78, 5) is 22.9. The van der Waals surface area contributed by atoms with Crippen LogP contribution in [0.1, 0.15) is 27.2 Å². The fourth-order valence-corrected chi connectivity index (χ4v) is 1.57. The van der Waals surface area contributed by atoms with Crippen molar-refractivity contribution in [3.05, 3.63) is 0 Å². The lowest BCUT2D eigenvalue weighted by Crippen LogP contribution is -2.59. The van der Waals surface area contributed by atoms with Crippen LogP contribution in [0.15, 0.2) is 0 Å². The van der Waals surface area contributed by atoms with Gasteiger partial charge in [-0.15, -0.1) is 0 Å². The molecule has 0 aliphatic carbocycles. The molecule has 0 saturated carbocycles. The highest BCUT2D eigenvalue weighted by molar-refractivity contribution is 5.89. The van der Waals surface area contributed by atoms with Gasteiger partial charge in [-0.3, -0.25) is 4.79 Å². The molecule has 0 radical (unpaired) electrons. The van der Waals surface area contributed by atoms with Gasteiger partial charge in [0.05, 0.1) is 0 Å². The maximum absolute atomic E-state index is 11.6. The van der Waals surface area contributed by atoms with E-state index in [0.717, 1.165) is 0 Å². The van der Waals surface area contributed by atoms with Gasteiger partial charge in [0.15, 0.2) is 0 Å². The van der Waals surface area contributed by atoms with Crippen molar-refractivity contribution in [1.29, 1.82) is 0 Å². The maximum Gasteiger partial charge on any atom is 0.408 e. The predicted octanol–water partition coefficient (Wildman–Crippen LogP) is -0.271. The molecule has 6 heteroatoms. The van der Waals surface area contributed by atoms with Crippen molar-refractivity contribution < 1.29 is 14.3 Å². The molecule has 92 valence electrons. The fourth-order valence-electron chi connectivity index (χ4n) is 1.57. The van der Waals surface area contributed by atoms with Crippen LogP contribution in [-0.4, -0.2) is 36.2 Å². The molecule has 0 bridgehead atoms. The number of ether oxygens (including phenoxy) is 1. The summed E-state index contributed by atoms with van der Waals surface area (Å²) >= 11 is 0. The number of amides is 2. The molecule has 0 aromatic rings. The Morgan fingerprint density at radius 1 is 1.44 bits per heavy atom. The highest BCUT2D eigenvalue weighted by Gasteiger charge is 2.42. The van der Waals surface area contributed by atoms with Gasteiger partial charge in [-0.05, 0) is 33.7 Å². The fraction of sp³-hybridized carbons (Fsp3) is 0.800. The first kappa shape index (κ1) is 12.8. The number of alkyl carbamates (subject to hydrolysis) is 1. The summed E-state index contributed by atoms with van der Waals surface area (Å²) < 4.78 is 5.09. The molecular formula is C10H19N3O3. The van der Waals surface area contributed by atoms with Crippen LogP contribution in [0.2, 0.25) is 0 Å². The third-order valence-electron chi connectivity index (χ3n) is 2.37. The van der Waals surface area contributed by atoms with Crippen molar-refractivity contribution in [3.8, 4) is 0 Å². The molecule has 1 unspecified atom stereocenters. The van der Waals surface area contributed by atoms with E-state index < -0.39 is 23.1 Å². The summed E-state index contributed by atoms with van der Waals surface area (Å²) in [6.07, 6.45) is -0.128. The van der Waals surface area contributed by atoms with E-state index in [2.05, 4.69) is 10.6 Å². The number of nitrogens with one attached hydrogen (secondary N) is 2. The van der Waals surface area contributed by atoms with Crippen molar-refractivity contribution in [3.63, 3.8) is 0 Å². The summed E-state index contributed by atoms with van der Waals surface area (Å²) in [7, 11) is 0. The standard InChI is InChI=1S/C10H19N3O3/c1-9(2,3)16-8(15)13-10(7(11)14)4-5-12-6-10/h12H,4-6H2,1-3H3,(H2,11,14)(H,13,15). The minimum absolute atomic E-state index is 0.349. The van der Waals surface area contributed by atoms with Gasteiger partial charge >= 0.3 is 6.09 Å². The van der Waals surface area contributed by atoms with Crippen LogP contribution >= 0.6 is 0 Å². The van der Waals surface area contributed by atoms with Gasteiger partial charge < -0.3 is 21.1 Å². The van der Waals surface area contributed by atoms with Crippen LogP contribution < -0.4 is 16.4 Å². The summed E-state index contributed by atoms with van der Waals surface area (Å²) in [5.41, 5.74) is 3.70. The number of hydrogen-bond acceptors (Lipinski definition) is 4. The molecule has 0 aromatic heterocycles. The first-order chi connectivity index (χ1) is 7.25. The Kier molecular flexibility index (Phi) is 3.42. The van der Waals surface area contributed by atoms with Crippen LogP contribution in [0, 0.1) is 0 Å². The molecule has 4 N–H and O–H groups in total. The van der Waals surface area contributed by atoms with Gasteiger partial charge in [0, 0.05) is 6.54 Å². The molecular weight excluding hydrogens is 210 g/mol. The Hall–Kier alpha value is -1.30. The lowest BCUT2D eigenvalue weighted by molar-refractivity contribution is -0.123. The van der Waals surface area contributed by atoms with Crippen molar-refractivity contribution in [2.75, 3.05) is 13.1 Å². The van der Waals surface area contributed by atoms with Crippen LogP contribution in [0.5, 0.6) is 0 Å². The SMILES string of the molecule is CC(C)(C)OC(=O)NC1(C(N)=O)CCNC1. The van der Waals surface area contributed by atoms with E-state index in [-0.39, 0.29) is 0 Å². The lowest BCUT2D eigenvalue weighted by Gasteiger charge is -2.28. The largest absolute Gasteiger partial charge is 0.444 e. The summed E-state index contributed by atoms with van der Waals surface area (Å²) in [5.74, 6) is -0.539. The quantitative estimate of drug-likeness (QED) is 0.607. The molecule has 2 amide bonds. The molecule has 6 nitrogen and oxygen atoms in total. The molecule has 1 aliphatic rings. The Morgan fingerprint density at radius 2 is 2.06 bits per heavy atom. The zero-order valence-electron chi connectivity index (χ0n) is 9.92. The average Bonchev–Trinajstić information content (AvgIpc) is 2.49. The van der Waals surface area contributed by atoms with Crippen molar-refractivity contribution >= 4 is 12.0 Å². The van der Waals surface area contributed by atoms with Gasteiger partial charge in [0.25, 0.3) is 0 Å². The van der Waals surface area contributed by atoms with Crippen molar-refractivity contribution in [2.24, 2.45) is 5.73 Å². The topological polar surface area (TPSA) is 93.4 Å². The smallest absolute Gasteiger partial charge is 0.408 e. The van der Waals surface area contributed by atoms with Crippen LogP contribution in [-0.2, 0) is 9.53 Å². The third kappa shape index (κ3) is 3.10. The molecule has 1 fully saturated rings. The number of primary amides is 1. The van der Waals surface area contributed by atoms with Crippen molar-refractivity contribution in [2.45, 2.75) is 38.3 Å². The Balaban J connectivity index is 2.63. The zero-order valence-corrected chi connectivity index (χ0v) is 9.92. The monoisotopic (exact) mass is 229 g/mol. The maximum atomic E-state index is 11.6. The van der Waals surface area contributed by atoms with Crippen LogP contribution in [0.4, 0.5) is 4.79 Å². The van der Waals surface area contributed by atoms with E-state index in [4.69, 9.17) is 10.5 Å². The molecule has 1 heterocycles. The number of carbonyl (C=O) groups excluding carboxylic acids is 2. The molecule has 16 heavy (non-hydrogen) atoms. The molecule has 1 rings (SSSR count). The van der Waals surface area contributed by atoms with Crippen LogP contribution in [0.25, 0.3) is 0 Å². The lowest BCUT2D eigenvalue weighted by atomic mass is 9.98. The van der Waals surface area contributed by atoms with E-state index in [0.29, 0.717) is 19.5 Å². The van der Waals surface area contributed by atoms with Gasteiger partial charge in [0.2, 0.25) is 5.91 Å². The van der Waals surface area contributed by atoms with E-state index in [9.17, 15) is 9.59 Å². The Labute approximate surface area is 94.9 Å². The van der Waals surface area contributed by atoms with Crippen molar-refractivity contribution in [1.82, 2.24) is 10.6 Å². The predicted molar refractivity (Wildman–Crippen MR) is 58.8 cm³/mol. The first-order valence-corrected chi connectivity index (χ1v) is 5.27. The second-order valence-corrected chi connectivity index (χ2v) is 5.00. The highest BCUT2D eigenvalue weighted by Crippen LogP contribution is 2.15. The number of carbonyl (C=O) groups is 2. The van der Waals surface area contributed by atoms with E-state index in [1.165, 1.54) is 0 Å². The van der Waals surface area contributed by atoms with E-state index >= 15 is 0 Å². The number of nitrogens with two attached hydrogens (primary N) is 1. The van der Waals surface area contributed by atoms with Gasteiger partial charge in [0.1, 0.15) is 11.1 Å². The highest BCUT2D eigenvalue weighted by atomic mass is 16.6. The molecule has 1 atom stereocenters. The minimum Gasteiger partial charge on any atom is -0.444 e. The second-order valence-electron chi connectivity index (χ2n) is 5.00. The number of rotatable bonds is 2. The Bertz CT molecular complexity index is 290. The molecule has 0 spiro atoms. The van der Waals surface area contributed by atoms with Crippen LogP contribution in [0.3, 0.4) is 0 Å². The Morgan fingerprint density at radius 3 is 2.44 bits per heavy atom. The molecule has 1 saturated heterocycles. The van der Waals surface area contributed by atoms with Gasteiger partial charge in [-0.25, -0.2) is 4.79 Å². The minimum atomic E-state index is -1.01. The van der Waals surface area contributed by atoms with Gasteiger partial charge in [-0.2, -0.15) is 0 Å². The summed E-state index contributed by atoms with van der Waals surface area (Å²) in [5, 5.41) is 5.54. The second kappa shape index (κ2) is 4.29. The van der Waals surface area contributed by atoms with Gasteiger partial charge in [-0.1, -0.05) is 0 Å². The van der Waals surface area contributed by atoms with E-state index in [1.54, 1.807) is 20.8 Å². The summed E-state index contributed by atoms with van der Waals surface area (Å²) in [6.45, 7) is 6.28. The molecule has 0 aromatic carbocycles. The first-order valence-electron chi connectivity index (χ1n) is 5.27. The normalized spacial score (nSPS) is 25.2. The number of hydrogen-bond donors (Lipinski definition) is 3. The third-order valence-corrected chi connectivity index (χ3v) is 2.37. The molecule has 1 aliphatic heterocycles. The van der Waals surface area contributed by atoms with E-state index in [1.807, 2.05) is 0 Å². The summed E-state index contributed by atoms with van der Waals surface area (Å²) in [6, 6.07) is 0.